The molecule has 0 bridgehead atoms. The number of carbonyl (C=O) groups is 2. The van der Waals surface area contributed by atoms with Gasteiger partial charge >= 0.3 is 5.97 Å². The molecular weight excluding hydrogens is 211 g/mol. The summed E-state index contributed by atoms with van der Waals surface area (Å²) in [6.07, 6.45) is 0.0578. The van der Waals surface area contributed by atoms with Gasteiger partial charge in [-0.2, -0.15) is 0 Å². The number of rotatable bonds is 4. The molecule has 86 valence electrons. The second kappa shape index (κ2) is 5.39. The lowest BCUT2D eigenvalue weighted by Gasteiger charge is -2.05. The average molecular weight is 224 g/mol. The van der Waals surface area contributed by atoms with Gasteiger partial charge in [-0.15, -0.1) is 0 Å². The Morgan fingerprint density at radius 2 is 2.00 bits per heavy atom. The van der Waals surface area contributed by atoms with Crippen LogP contribution in [0.5, 0.6) is 0 Å². The van der Waals surface area contributed by atoms with Crippen LogP contribution in [0.25, 0.3) is 0 Å². The number of carbonyl (C=O) groups excluding carboxylic acids is 2. The Balaban J connectivity index is 2.74. The minimum Gasteiger partial charge on any atom is -0.469 e. The molecule has 3 nitrogen and oxygen atoms in total. The lowest BCUT2D eigenvalue weighted by molar-refractivity contribution is -0.140. The van der Waals surface area contributed by atoms with Crippen molar-refractivity contribution in [3.8, 4) is 0 Å². The first kappa shape index (κ1) is 12.4. The van der Waals surface area contributed by atoms with Gasteiger partial charge in [-0.05, 0) is 18.6 Å². The number of ether oxygens (including phenoxy) is 1. The van der Waals surface area contributed by atoms with Crippen LogP contribution >= 0.6 is 0 Å². The largest absolute Gasteiger partial charge is 0.469 e. The minimum absolute atomic E-state index is 0.0191. The van der Waals surface area contributed by atoms with E-state index in [0.717, 1.165) is 0 Å². The molecule has 4 heteroatoms. The third-order valence-electron chi connectivity index (χ3n) is 2.35. The molecule has 0 aromatic heterocycles. The number of halogens is 1. The Kier molecular flexibility index (Phi) is 4.17. The molecule has 0 saturated carbocycles. The van der Waals surface area contributed by atoms with E-state index >= 15 is 0 Å². The summed E-state index contributed by atoms with van der Waals surface area (Å²) in [5, 5.41) is 0. The first-order chi connectivity index (χ1) is 7.56. The second-order valence-corrected chi connectivity index (χ2v) is 3.41. The van der Waals surface area contributed by atoms with Crippen LogP contribution in [-0.2, 0) is 9.53 Å². The fourth-order valence-corrected chi connectivity index (χ4v) is 1.36. The van der Waals surface area contributed by atoms with Crippen molar-refractivity contribution in [2.45, 2.75) is 19.8 Å². The predicted molar refractivity (Wildman–Crippen MR) is 56.7 cm³/mol. The zero-order chi connectivity index (χ0) is 12.1. The Bertz CT molecular complexity index is 413. The van der Waals surface area contributed by atoms with E-state index in [2.05, 4.69) is 4.74 Å². The number of hydrogen-bond donors (Lipinski definition) is 0. The van der Waals surface area contributed by atoms with E-state index in [0.29, 0.717) is 11.1 Å². The van der Waals surface area contributed by atoms with E-state index < -0.39 is 11.8 Å². The Morgan fingerprint density at radius 3 is 2.62 bits per heavy atom. The van der Waals surface area contributed by atoms with Crippen LogP contribution in [0.4, 0.5) is 4.39 Å². The molecule has 0 unspecified atom stereocenters. The van der Waals surface area contributed by atoms with Crippen LogP contribution in [-0.4, -0.2) is 18.9 Å². The first-order valence-electron chi connectivity index (χ1n) is 4.91. The number of methoxy groups -OCH3 is 1. The van der Waals surface area contributed by atoms with Gasteiger partial charge < -0.3 is 4.74 Å². The lowest BCUT2D eigenvalue weighted by atomic mass is 10.0. The summed E-state index contributed by atoms with van der Waals surface area (Å²) in [5.74, 6) is -1.10. The fraction of sp³-hybridized carbons (Fsp3) is 0.333. The summed E-state index contributed by atoms with van der Waals surface area (Å²) in [5.41, 5.74) is 0.640. The maximum absolute atomic E-state index is 13.2. The highest BCUT2D eigenvalue weighted by Gasteiger charge is 2.13. The summed E-state index contributed by atoms with van der Waals surface area (Å²) in [6, 6.07) is 4.33. The topological polar surface area (TPSA) is 43.4 Å². The molecule has 0 aliphatic rings. The highest BCUT2D eigenvalue weighted by atomic mass is 19.1. The van der Waals surface area contributed by atoms with Crippen molar-refractivity contribution in [3.05, 3.63) is 35.1 Å². The minimum atomic E-state index is -0.442. The molecule has 0 heterocycles. The van der Waals surface area contributed by atoms with Crippen LogP contribution in [0.1, 0.15) is 28.8 Å². The highest BCUT2D eigenvalue weighted by molar-refractivity contribution is 5.98. The van der Waals surface area contributed by atoms with Crippen LogP contribution < -0.4 is 0 Å². The summed E-state index contributed by atoms with van der Waals surface area (Å²) in [7, 11) is 1.26. The van der Waals surface area contributed by atoms with E-state index in [1.807, 2.05) is 0 Å². The third kappa shape index (κ3) is 2.89. The maximum atomic E-state index is 13.2. The standard InChI is InChI=1S/C12H13FO3/c1-8-9(4-3-5-10(8)13)11(14)6-7-12(15)16-2/h3-5H,6-7H2,1-2H3. The summed E-state index contributed by atoms with van der Waals surface area (Å²) in [6.45, 7) is 1.54. The SMILES string of the molecule is COC(=O)CCC(=O)c1cccc(F)c1C. The Hall–Kier alpha value is -1.71. The van der Waals surface area contributed by atoms with Gasteiger partial charge in [0.15, 0.2) is 5.78 Å². The van der Waals surface area contributed by atoms with E-state index in [1.165, 1.54) is 19.2 Å². The van der Waals surface area contributed by atoms with Gasteiger partial charge in [0.05, 0.1) is 13.5 Å². The summed E-state index contributed by atoms with van der Waals surface area (Å²) < 4.78 is 17.6. The Morgan fingerprint density at radius 1 is 1.31 bits per heavy atom. The smallest absolute Gasteiger partial charge is 0.305 e. The average Bonchev–Trinajstić information content (AvgIpc) is 2.29. The first-order valence-corrected chi connectivity index (χ1v) is 4.91. The van der Waals surface area contributed by atoms with E-state index in [-0.39, 0.29) is 18.6 Å². The van der Waals surface area contributed by atoms with Crippen molar-refractivity contribution in [1.29, 1.82) is 0 Å². The van der Waals surface area contributed by atoms with Gasteiger partial charge in [0.1, 0.15) is 5.82 Å². The lowest BCUT2D eigenvalue weighted by Crippen LogP contribution is -2.07. The molecule has 1 aromatic carbocycles. The van der Waals surface area contributed by atoms with Crippen molar-refractivity contribution < 1.29 is 18.7 Å². The monoisotopic (exact) mass is 224 g/mol. The number of benzene rings is 1. The van der Waals surface area contributed by atoms with Crippen molar-refractivity contribution in [3.63, 3.8) is 0 Å². The van der Waals surface area contributed by atoms with E-state index in [4.69, 9.17) is 0 Å². The van der Waals surface area contributed by atoms with Crippen molar-refractivity contribution >= 4 is 11.8 Å². The van der Waals surface area contributed by atoms with Crippen molar-refractivity contribution in [1.82, 2.24) is 0 Å². The van der Waals surface area contributed by atoms with Crippen LogP contribution in [0.15, 0.2) is 18.2 Å². The molecule has 0 saturated heterocycles. The third-order valence-corrected chi connectivity index (χ3v) is 2.35. The predicted octanol–water partition coefficient (Wildman–Crippen LogP) is 2.27. The van der Waals surface area contributed by atoms with Gasteiger partial charge in [-0.3, -0.25) is 9.59 Å². The molecule has 0 atom stereocenters. The summed E-state index contributed by atoms with van der Waals surface area (Å²) in [4.78, 5) is 22.5. The molecule has 1 aromatic rings. The molecule has 0 radical (unpaired) electrons. The number of esters is 1. The molecule has 0 fully saturated rings. The zero-order valence-electron chi connectivity index (χ0n) is 9.25. The second-order valence-electron chi connectivity index (χ2n) is 3.41. The molecule has 0 aliphatic carbocycles. The normalized spacial score (nSPS) is 9.94. The van der Waals surface area contributed by atoms with E-state index in [9.17, 15) is 14.0 Å². The highest BCUT2D eigenvalue weighted by Crippen LogP contribution is 2.14. The van der Waals surface area contributed by atoms with Crippen molar-refractivity contribution in [2.75, 3.05) is 7.11 Å². The fourth-order valence-electron chi connectivity index (χ4n) is 1.36. The Labute approximate surface area is 93.2 Å². The quantitative estimate of drug-likeness (QED) is 0.582. The van der Waals surface area contributed by atoms with Crippen LogP contribution in [0.3, 0.4) is 0 Å². The number of Topliss-reactive ketones (excluding diaryl/α,β-unsaturated/α-hetero) is 1. The summed E-state index contributed by atoms with van der Waals surface area (Å²) >= 11 is 0. The van der Waals surface area contributed by atoms with Crippen LogP contribution in [0.2, 0.25) is 0 Å². The van der Waals surface area contributed by atoms with Crippen LogP contribution in [0, 0.1) is 12.7 Å². The molecule has 16 heavy (non-hydrogen) atoms. The maximum Gasteiger partial charge on any atom is 0.305 e. The number of hydrogen-bond acceptors (Lipinski definition) is 3. The van der Waals surface area contributed by atoms with Gasteiger partial charge in [0, 0.05) is 12.0 Å². The number of ketones is 1. The van der Waals surface area contributed by atoms with Gasteiger partial charge in [0.25, 0.3) is 0 Å². The van der Waals surface area contributed by atoms with Gasteiger partial charge in [-0.25, -0.2) is 4.39 Å². The molecule has 0 amide bonds. The molecular formula is C12H13FO3. The van der Waals surface area contributed by atoms with Gasteiger partial charge in [0.2, 0.25) is 0 Å². The zero-order valence-corrected chi connectivity index (χ0v) is 9.25. The molecule has 1 rings (SSSR count). The van der Waals surface area contributed by atoms with Gasteiger partial charge in [-0.1, -0.05) is 12.1 Å². The van der Waals surface area contributed by atoms with Crippen molar-refractivity contribution in [2.24, 2.45) is 0 Å². The van der Waals surface area contributed by atoms with E-state index in [1.54, 1.807) is 13.0 Å². The molecule has 0 N–H and O–H groups in total. The molecule has 0 aliphatic heterocycles. The molecule has 0 spiro atoms.